The lowest BCUT2D eigenvalue weighted by atomic mass is 10.1. The summed E-state index contributed by atoms with van der Waals surface area (Å²) in [6, 6.07) is 4.02. The Hall–Kier alpha value is -1.62. The third-order valence-corrected chi connectivity index (χ3v) is 4.24. The first-order valence-electron chi connectivity index (χ1n) is 7.06. The summed E-state index contributed by atoms with van der Waals surface area (Å²) in [6.45, 7) is 0.722. The number of carbonyl (C=O) groups excluding carboxylic acids is 2. The van der Waals surface area contributed by atoms with Crippen molar-refractivity contribution in [2.45, 2.75) is 31.8 Å². The predicted molar refractivity (Wildman–Crippen MR) is 76.1 cm³/mol. The molecule has 4 nitrogen and oxygen atoms in total. The van der Waals surface area contributed by atoms with Crippen LogP contribution in [-0.2, 0) is 16.1 Å². The maximum Gasteiger partial charge on any atom is 0.245 e. The molecule has 112 valence electrons. The average molecular weight is 311 g/mol. The third kappa shape index (κ3) is 3.18. The van der Waals surface area contributed by atoms with Crippen LogP contribution in [0.2, 0.25) is 5.02 Å². The lowest BCUT2D eigenvalue weighted by molar-refractivity contribution is -0.134. The van der Waals surface area contributed by atoms with Crippen LogP contribution in [0.3, 0.4) is 0 Å². The van der Waals surface area contributed by atoms with E-state index in [4.69, 9.17) is 11.6 Å². The first-order valence-corrected chi connectivity index (χ1v) is 7.44. The molecule has 1 aliphatic heterocycles. The Morgan fingerprint density at radius 2 is 2.10 bits per heavy atom. The molecule has 2 amide bonds. The summed E-state index contributed by atoms with van der Waals surface area (Å²) in [5.41, 5.74) is 0.763. The fraction of sp³-hybridized carbons (Fsp3) is 0.467. The lowest BCUT2D eigenvalue weighted by Crippen LogP contribution is -2.45. The van der Waals surface area contributed by atoms with Gasteiger partial charge in [-0.25, -0.2) is 4.39 Å². The molecule has 1 heterocycles. The molecule has 0 bridgehead atoms. The number of amides is 2. The molecule has 3 rings (SSSR count). The first-order chi connectivity index (χ1) is 10.0. The van der Waals surface area contributed by atoms with Crippen LogP contribution in [0.1, 0.15) is 24.8 Å². The molecule has 1 aliphatic carbocycles. The molecule has 0 spiro atoms. The molecule has 6 heteroatoms. The van der Waals surface area contributed by atoms with Gasteiger partial charge in [0, 0.05) is 19.5 Å². The highest BCUT2D eigenvalue weighted by molar-refractivity contribution is 6.30. The Labute approximate surface area is 127 Å². The molecular weight excluding hydrogens is 295 g/mol. The minimum Gasteiger partial charge on any atom is -0.344 e. The molecular formula is C15H16ClFN2O2. The molecule has 0 aromatic heterocycles. The van der Waals surface area contributed by atoms with E-state index in [2.05, 4.69) is 5.32 Å². The summed E-state index contributed by atoms with van der Waals surface area (Å²) in [4.78, 5) is 25.9. The summed E-state index contributed by atoms with van der Waals surface area (Å²) < 4.78 is 13.2. The van der Waals surface area contributed by atoms with Gasteiger partial charge in [0.05, 0.1) is 5.02 Å². The van der Waals surface area contributed by atoms with E-state index in [1.165, 1.54) is 12.1 Å². The predicted octanol–water partition coefficient (Wildman–Crippen LogP) is 2.11. The molecule has 21 heavy (non-hydrogen) atoms. The van der Waals surface area contributed by atoms with E-state index in [0.29, 0.717) is 19.5 Å². The highest BCUT2D eigenvalue weighted by Crippen LogP contribution is 2.34. The monoisotopic (exact) mass is 310 g/mol. The van der Waals surface area contributed by atoms with Gasteiger partial charge in [-0.15, -0.1) is 0 Å². The zero-order valence-corrected chi connectivity index (χ0v) is 12.2. The second-order valence-electron chi connectivity index (χ2n) is 5.64. The van der Waals surface area contributed by atoms with E-state index in [-0.39, 0.29) is 22.8 Å². The summed E-state index contributed by atoms with van der Waals surface area (Å²) in [6.07, 6.45) is 2.25. The molecule has 1 saturated heterocycles. The molecule has 2 aliphatic rings. The number of halogens is 2. The average Bonchev–Trinajstić information content (AvgIpc) is 3.28. The Morgan fingerprint density at radius 3 is 2.76 bits per heavy atom. The number of rotatable bonds is 3. The van der Waals surface area contributed by atoms with Crippen LogP contribution in [0.25, 0.3) is 0 Å². The van der Waals surface area contributed by atoms with E-state index >= 15 is 0 Å². The van der Waals surface area contributed by atoms with Crippen molar-refractivity contribution in [1.82, 2.24) is 10.2 Å². The number of hydrogen-bond acceptors (Lipinski definition) is 2. The van der Waals surface area contributed by atoms with Crippen molar-refractivity contribution in [3.05, 3.63) is 34.6 Å². The Morgan fingerprint density at radius 1 is 1.33 bits per heavy atom. The van der Waals surface area contributed by atoms with Crippen molar-refractivity contribution >= 4 is 23.4 Å². The van der Waals surface area contributed by atoms with E-state index in [1.807, 2.05) is 0 Å². The van der Waals surface area contributed by atoms with Crippen LogP contribution in [0.4, 0.5) is 4.39 Å². The maximum atomic E-state index is 13.2. The highest BCUT2D eigenvalue weighted by Gasteiger charge is 2.40. The van der Waals surface area contributed by atoms with Gasteiger partial charge in [0.2, 0.25) is 11.8 Å². The zero-order valence-electron chi connectivity index (χ0n) is 11.4. The van der Waals surface area contributed by atoms with Crippen molar-refractivity contribution in [1.29, 1.82) is 0 Å². The van der Waals surface area contributed by atoms with E-state index in [0.717, 1.165) is 18.4 Å². The van der Waals surface area contributed by atoms with E-state index in [9.17, 15) is 14.0 Å². The van der Waals surface area contributed by atoms with Crippen molar-refractivity contribution in [2.24, 2.45) is 5.92 Å². The standard InChI is InChI=1S/C15H16ClFN2O2/c16-11-7-9(1-4-12(11)17)8-19-6-5-13(20)18-14(15(19)21)10-2-3-10/h1,4,7,10,14H,2-3,5-6,8H2,(H,18,20). The second kappa shape index (κ2) is 5.64. The lowest BCUT2D eigenvalue weighted by Gasteiger charge is -2.24. The fourth-order valence-electron chi connectivity index (χ4n) is 2.62. The van der Waals surface area contributed by atoms with Gasteiger partial charge in [-0.1, -0.05) is 17.7 Å². The smallest absolute Gasteiger partial charge is 0.245 e. The van der Waals surface area contributed by atoms with E-state index < -0.39 is 11.9 Å². The molecule has 1 atom stereocenters. The number of nitrogens with zero attached hydrogens (tertiary/aromatic N) is 1. The Balaban J connectivity index is 1.77. The van der Waals surface area contributed by atoms with Gasteiger partial charge < -0.3 is 10.2 Å². The number of hydrogen-bond donors (Lipinski definition) is 1. The molecule has 2 fully saturated rings. The third-order valence-electron chi connectivity index (χ3n) is 3.95. The van der Waals surface area contributed by atoms with Crippen molar-refractivity contribution in [3.8, 4) is 0 Å². The van der Waals surface area contributed by atoms with Gasteiger partial charge in [-0.3, -0.25) is 9.59 Å². The second-order valence-corrected chi connectivity index (χ2v) is 6.05. The van der Waals surface area contributed by atoms with Gasteiger partial charge in [0.15, 0.2) is 0 Å². The zero-order chi connectivity index (χ0) is 15.0. The fourth-order valence-corrected chi connectivity index (χ4v) is 2.82. The minimum absolute atomic E-state index is 0.0442. The van der Waals surface area contributed by atoms with Crippen LogP contribution >= 0.6 is 11.6 Å². The van der Waals surface area contributed by atoms with Gasteiger partial charge >= 0.3 is 0 Å². The van der Waals surface area contributed by atoms with Crippen molar-refractivity contribution in [2.75, 3.05) is 6.54 Å². The molecule has 0 radical (unpaired) electrons. The summed E-state index contributed by atoms with van der Waals surface area (Å²) >= 11 is 5.77. The van der Waals surface area contributed by atoms with Crippen LogP contribution in [0.15, 0.2) is 18.2 Å². The largest absolute Gasteiger partial charge is 0.344 e. The minimum atomic E-state index is -0.477. The topological polar surface area (TPSA) is 49.4 Å². The Bertz CT molecular complexity index is 589. The molecule has 1 N–H and O–H groups in total. The van der Waals surface area contributed by atoms with Crippen LogP contribution in [0, 0.1) is 11.7 Å². The summed E-state index contributed by atoms with van der Waals surface area (Å²) in [7, 11) is 0. The van der Waals surface area contributed by atoms with Crippen LogP contribution in [-0.4, -0.2) is 29.3 Å². The van der Waals surface area contributed by atoms with Gasteiger partial charge in [-0.2, -0.15) is 0 Å². The van der Waals surface area contributed by atoms with Crippen LogP contribution < -0.4 is 5.32 Å². The molecule has 1 saturated carbocycles. The quantitative estimate of drug-likeness (QED) is 0.929. The highest BCUT2D eigenvalue weighted by atomic mass is 35.5. The van der Waals surface area contributed by atoms with E-state index in [1.54, 1.807) is 11.0 Å². The molecule has 1 aromatic rings. The number of carbonyl (C=O) groups is 2. The Kier molecular flexibility index (Phi) is 3.85. The normalized spacial score (nSPS) is 23.0. The summed E-state index contributed by atoms with van der Waals surface area (Å²) in [5.74, 6) is -0.349. The number of nitrogens with one attached hydrogen (secondary N) is 1. The van der Waals surface area contributed by atoms with Crippen molar-refractivity contribution < 1.29 is 14.0 Å². The SMILES string of the molecule is O=C1CCN(Cc2ccc(F)c(Cl)c2)C(=O)C(C2CC2)N1. The molecule has 1 aromatic carbocycles. The van der Waals surface area contributed by atoms with Crippen molar-refractivity contribution in [3.63, 3.8) is 0 Å². The first kappa shape index (κ1) is 14.3. The van der Waals surface area contributed by atoms with Crippen LogP contribution in [0.5, 0.6) is 0 Å². The summed E-state index contributed by atoms with van der Waals surface area (Å²) in [5, 5.41) is 2.85. The van der Waals surface area contributed by atoms with Gasteiger partial charge in [0.1, 0.15) is 11.9 Å². The maximum absolute atomic E-state index is 13.2. The number of benzene rings is 1. The van der Waals surface area contributed by atoms with Gasteiger partial charge in [-0.05, 0) is 36.5 Å². The molecule has 1 unspecified atom stereocenters. The van der Waals surface area contributed by atoms with Gasteiger partial charge in [0.25, 0.3) is 0 Å².